The summed E-state index contributed by atoms with van der Waals surface area (Å²) in [5, 5.41) is 0. The molecule has 34 heavy (non-hydrogen) atoms. The Morgan fingerprint density at radius 1 is 1.03 bits per heavy atom. The van der Waals surface area contributed by atoms with E-state index < -0.39 is 0 Å². The minimum absolute atomic E-state index is 0. The van der Waals surface area contributed by atoms with Crippen LogP contribution < -0.4 is 9.47 Å². The zero-order chi connectivity index (χ0) is 23.4. The predicted octanol–water partition coefficient (Wildman–Crippen LogP) is 4.85. The lowest BCUT2D eigenvalue weighted by Gasteiger charge is -2.43. The number of piperidine rings is 1. The van der Waals surface area contributed by atoms with Gasteiger partial charge in [-0.05, 0) is 74.9 Å². The molecule has 1 fully saturated rings. The first-order chi connectivity index (χ1) is 16.0. The Kier molecular flexibility index (Phi) is 9.26. The van der Waals surface area contributed by atoms with E-state index in [4.69, 9.17) is 9.47 Å². The minimum Gasteiger partial charge on any atom is -0.493 e. The Balaban J connectivity index is 0.00000324. The number of ether oxygens (including phenoxy) is 2. The normalized spacial score (nSPS) is 19.6. The standard InChI is InChI=1S/C28H38N2O3.ClH/c1-20-8-7-9-22(16-20)11-14-29-13-6-5-10-25(29)21(2)30-15-12-23-17-26(32-3)27(33-4)18-24(23)19-28(30)31;/h7-9,16-18,21,25H,5-6,10-15,19H2,1-4H3;1H. The Morgan fingerprint density at radius 2 is 1.76 bits per heavy atom. The molecular formula is C28H39ClN2O3. The van der Waals surface area contributed by atoms with Crippen LogP contribution in [0.5, 0.6) is 11.5 Å². The van der Waals surface area contributed by atoms with Gasteiger partial charge in [0.1, 0.15) is 0 Å². The maximum absolute atomic E-state index is 13.4. The lowest BCUT2D eigenvalue weighted by atomic mass is 9.94. The van der Waals surface area contributed by atoms with Gasteiger partial charge < -0.3 is 14.4 Å². The summed E-state index contributed by atoms with van der Waals surface area (Å²) >= 11 is 0. The van der Waals surface area contributed by atoms with Crippen molar-refractivity contribution in [1.82, 2.24) is 9.80 Å². The van der Waals surface area contributed by atoms with Crippen LogP contribution in [0.2, 0.25) is 0 Å². The third-order valence-corrected chi connectivity index (χ3v) is 7.47. The molecule has 0 spiro atoms. The quantitative estimate of drug-likeness (QED) is 0.561. The smallest absolute Gasteiger partial charge is 0.227 e. The van der Waals surface area contributed by atoms with Crippen molar-refractivity contribution in [3.05, 3.63) is 58.7 Å². The van der Waals surface area contributed by atoms with Gasteiger partial charge in [0.25, 0.3) is 0 Å². The summed E-state index contributed by atoms with van der Waals surface area (Å²) in [6.07, 6.45) is 5.98. The molecule has 0 aromatic heterocycles. The van der Waals surface area contributed by atoms with Gasteiger partial charge in [-0.15, -0.1) is 12.4 Å². The largest absolute Gasteiger partial charge is 0.493 e. The Morgan fingerprint density at radius 3 is 2.47 bits per heavy atom. The Bertz CT molecular complexity index is 980. The van der Waals surface area contributed by atoms with Crippen molar-refractivity contribution in [3.8, 4) is 11.5 Å². The summed E-state index contributed by atoms with van der Waals surface area (Å²) in [6.45, 7) is 7.34. The number of nitrogens with zero attached hydrogens (tertiary/aromatic N) is 2. The number of halogens is 1. The van der Waals surface area contributed by atoms with Crippen LogP contribution in [-0.2, 0) is 24.1 Å². The molecule has 2 aliphatic rings. The van der Waals surface area contributed by atoms with Crippen molar-refractivity contribution in [2.24, 2.45) is 0 Å². The zero-order valence-electron chi connectivity index (χ0n) is 21.0. The number of carbonyl (C=O) groups is 1. The lowest BCUT2D eigenvalue weighted by molar-refractivity contribution is -0.134. The molecule has 2 unspecified atom stereocenters. The molecule has 2 aromatic rings. The minimum atomic E-state index is 0. The molecule has 2 aromatic carbocycles. The molecule has 2 atom stereocenters. The molecular weight excluding hydrogens is 448 g/mol. The van der Waals surface area contributed by atoms with Crippen LogP contribution in [0.4, 0.5) is 0 Å². The molecule has 0 N–H and O–H groups in total. The van der Waals surface area contributed by atoms with E-state index in [1.54, 1.807) is 14.2 Å². The summed E-state index contributed by atoms with van der Waals surface area (Å²) in [5.74, 6) is 1.65. The molecule has 6 heteroatoms. The van der Waals surface area contributed by atoms with Crippen molar-refractivity contribution in [2.75, 3.05) is 33.9 Å². The summed E-state index contributed by atoms with van der Waals surface area (Å²) in [6, 6.07) is 13.5. The predicted molar refractivity (Wildman–Crippen MR) is 139 cm³/mol. The molecule has 0 bridgehead atoms. The van der Waals surface area contributed by atoms with E-state index >= 15 is 0 Å². The van der Waals surface area contributed by atoms with E-state index in [0.717, 1.165) is 50.2 Å². The fourth-order valence-electron chi connectivity index (χ4n) is 5.61. The van der Waals surface area contributed by atoms with Crippen LogP contribution >= 0.6 is 12.4 Å². The number of benzene rings is 2. The van der Waals surface area contributed by atoms with Crippen molar-refractivity contribution < 1.29 is 14.3 Å². The fraction of sp³-hybridized carbons (Fsp3) is 0.536. The first-order valence-electron chi connectivity index (χ1n) is 12.3. The summed E-state index contributed by atoms with van der Waals surface area (Å²) < 4.78 is 11.0. The first-order valence-corrected chi connectivity index (χ1v) is 12.3. The number of amides is 1. The molecule has 186 valence electrons. The van der Waals surface area contributed by atoms with Crippen molar-refractivity contribution in [3.63, 3.8) is 0 Å². The molecule has 2 heterocycles. The molecule has 5 nitrogen and oxygen atoms in total. The van der Waals surface area contributed by atoms with Gasteiger partial charge in [-0.3, -0.25) is 9.69 Å². The number of fused-ring (bicyclic) bond motifs is 1. The first kappa shape index (κ1) is 26.4. The van der Waals surface area contributed by atoms with Gasteiger partial charge >= 0.3 is 0 Å². The monoisotopic (exact) mass is 486 g/mol. The lowest BCUT2D eigenvalue weighted by Crippen LogP contribution is -2.54. The van der Waals surface area contributed by atoms with Gasteiger partial charge in [0.05, 0.1) is 20.6 Å². The van der Waals surface area contributed by atoms with Crippen molar-refractivity contribution in [2.45, 2.75) is 64.5 Å². The number of methoxy groups -OCH3 is 2. The molecule has 0 radical (unpaired) electrons. The SMILES string of the molecule is COc1cc2c(cc1OC)CC(=O)N(C(C)C1CCCCN1CCc1cccc(C)c1)CC2.Cl. The van der Waals surface area contributed by atoms with E-state index in [2.05, 4.69) is 47.9 Å². The van der Waals surface area contributed by atoms with Gasteiger partial charge in [-0.1, -0.05) is 36.2 Å². The number of likely N-dealkylation sites (tertiary alicyclic amines) is 1. The summed E-state index contributed by atoms with van der Waals surface area (Å²) in [4.78, 5) is 18.1. The molecule has 2 aliphatic heterocycles. The van der Waals surface area contributed by atoms with E-state index in [0.29, 0.717) is 18.2 Å². The third-order valence-electron chi connectivity index (χ3n) is 7.47. The van der Waals surface area contributed by atoms with Gasteiger partial charge in [-0.25, -0.2) is 0 Å². The zero-order valence-corrected chi connectivity index (χ0v) is 21.8. The van der Waals surface area contributed by atoms with Gasteiger partial charge in [0.2, 0.25) is 5.91 Å². The summed E-state index contributed by atoms with van der Waals surface area (Å²) in [7, 11) is 3.31. The Labute approximate surface area is 210 Å². The Hall–Kier alpha value is -2.24. The fourth-order valence-corrected chi connectivity index (χ4v) is 5.61. The van der Waals surface area contributed by atoms with Gasteiger partial charge in [0.15, 0.2) is 11.5 Å². The van der Waals surface area contributed by atoms with Crippen molar-refractivity contribution in [1.29, 1.82) is 0 Å². The van der Waals surface area contributed by atoms with Crippen LogP contribution in [0, 0.1) is 6.92 Å². The average Bonchev–Trinajstić information content (AvgIpc) is 2.99. The van der Waals surface area contributed by atoms with Gasteiger partial charge in [-0.2, -0.15) is 0 Å². The summed E-state index contributed by atoms with van der Waals surface area (Å²) in [5.41, 5.74) is 4.97. The molecule has 0 saturated carbocycles. The van der Waals surface area contributed by atoms with Crippen LogP contribution in [0.3, 0.4) is 0 Å². The van der Waals surface area contributed by atoms with Crippen LogP contribution in [0.25, 0.3) is 0 Å². The highest BCUT2D eigenvalue weighted by molar-refractivity contribution is 5.85. The second-order valence-corrected chi connectivity index (χ2v) is 9.57. The highest BCUT2D eigenvalue weighted by Gasteiger charge is 2.34. The van der Waals surface area contributed by atoms with E-state index in [1.807, 2.05) is 12.1 Å². The number of carbonyl (C=O) groups excluding carboxylic acids is 1. The van der Waals surface area contributed by atoms with Crippen LogP contribution in [-0.4, -0.2) is 61.6 Å². The second-order valence-electron chi connectivity index (χ2n) is 9.57. The second kappa shape index (κ2) is 11.9. The molecule has 1 amide bonds. The van der Waals surface area contributed by atoms with Crippen LogP contribution in [0.15, 0.2) is 36.4 Å². The average molecular weight is 487 g/mol. The molecule has 0 aliphatic carbocycles. The maximum Gasteiger partial charge on any atom is 0.227 e. The number of hydrogen-bond donors (Lipinski definition) is 0. The van der Waals surface area contributed by atoms with Crippen LogP contribution in [0.1, 0.15) is 48.4 Å². The number of rotatable bonds is 7. The molecule has 4 rings (SSSR count). The molecule has 1 saturated heterocycles. The van der Waals surface area contributed by atoms with Gasteiger partial charge in [0, 0.05) is 25.2 Å². The van der Waals surface area contributed by atoms with E-state index in [-0.39, 0.29) is 24.4 Å². The van der Waals surface area contributed by atoms with Crippen molar-refractivity contribution >= 4 is 18.3 Å². The highest BCUT2D eigenvalue weighted by atomic mass is 35.5. The third kappa shape index (κ3) is 5.87. The highest BCUT2D eigenvalue weighted by Crippen LogP contribution is 2.33. The van der Waals surface area contributed by atoms with E-state index in [9.17, 15) is 4.79 Å². The number of aryl methyl sites for hydroxylation is 1. The van der Waals surface area contributed by atoms with E-state index in [1.165, 1.54) is 29.5 Å². The number of hydrogen-bond acceptors (Lipinski definition) is 4. The maximum atomic E-state index is 13.4. The topological polar surface area (TPSA) is 42.0 Å².